The number of ether oxygens (including phenoxy) is 1. The lowest BCUT2D eigenvalue weighted by atomic mass is 10.1. The summed E-state index contributed by atoms with van der Waals surface area (Å²) in [5, 5.41) is 19.8. The van der Waals surface area contributed by atoms with Crippen LogP contribution in [0, 0.1) is 10.1 Å². The van der Waals surface area contributed by atoms with Gasteiger partial charge in [0.25, 0.3) is 17.5 Å². The van der Waals surface area contributed by atoms with Crippen molar-refractivity contribution in [2.75, 3.05) is 25.5 Å². The fourth-order valence-corrected chi connectivity index (χ4v) is 2.91. The van der Waals surface area contributed by atoms with Gasteiger partial charge in [-0.3, -0.25) is 19.7 Å². The maximum Gasteiger partial charge on any atom is 0.293 e. The van der Waals surface area contributed by atoms with Crippen LogP contribution in [0.5, 0.6) is 5.75 Å². The molecule has 0 saturated carbocycles. The summed E-state index contributed by atoms with van der Waals surface area (Å²) >= 11 is 0. The highest BCUT2D eigenvalue weighted by Gasteiger charge is 2.18. The van der Waals surface area contributed by atoms with E-state index in [-0.39, 0.29) is 35.9 Å². The van der Waals surface area contributed by atoms with Gasteiger partial charge in [0.1, 0.15) is 11.4 Å². The molecule has 0 saturated heterocycles. The SMILES string of the molecule is COc1ccc(C(=O)NCCNC(=O)c2ccc(Nc3ccccc3)c([N+](=O)[O-])c2)cc1. The molecule has 0 aliphatic carbocycles. The first-order valence-corrected chi connectivity index (χ1v) is 9.79. The van der Waals surface area contributed by atoms with E-state index >= 15 is 0 Å². The number of nitro benzene ring substituents is 1. The predicted octanol–water partition coefficient (Wildman–Crippen LogP) is 3.51. The summed E-state index contributed by atoms with van der Waals surface area (Å²) in [6.07, 6.45) is 0. The molecular weight excluding hydrogens is 412 g/mol. The van der Waals surface area contributed by atoms with Crippen molar-refractivity contribution < 1.29 is 19.2 Å². The topological polar surface area (TPSA) is 123 Å². The van der Waals surface area contributed by atoms with Gasteiger partial charge in [-0.2, -0.15) is 0 Å². The molecular formula is C23H22N4O5. The largest absolute Gasteiger partial charge is 0.497 e. The lowest BCUT2D eigenvalue weighted by Crippen LogP contribution is -2.34. The number of hydrogen-bond donors (Lipinski definition) is 3. The van der Waals surface area contributed by atoms with Crippen molar-refractivity contribution in [3.05, 3.63) is 94.0 Å². The van der Waals surface area contributed by atoms with Crippen LogP contribution in [0.3, 0.4) is 0 Å². The summed E-state index contributed by atoms with van der Waals surface area (Å²) in [6.45, 7) is 0.366. The number of carbonyl (C=O) groups is 2. The van der Waals surface area contributed by atoms with Crippen molar-refractivity contribution in [1.29, 1.82) is 0 Å². The normalized spacial score (nSPS) is 10.2. The van der Waals surface area contributed by atoms with Crippen LogP contribution in [-0.4, -0.2) is 36.9 Å². The molecule has 0 radical (unpaired) electrons. The molecule has 3 aromatic rings. The molecule has 3 rings (SSSR count). The molecule has 0 bridgehead atoms. The highest BCUT2D eigenvalue weighted by atomic mass is 16.6. The first kappa shape index (κ1) is 22.3. The van der Waals surface area contributed by atoms with Crippen molar-refractivity contribution in [1.82, 2.24) is 10.6 Å². The highest BCUT2D eigenvalue weighted by Crippen LogP contribution is 2.28. The molecule has 2 amide bonds. The molecule has 0 aliphatic rings. The number of nitro groups is 1. The van der Waals surface area contributed by atoms with Crippen LogP contribution in [0.25, 0.3) is 0 Å². The number of nitrogens with one attached hydrogen (secondary N) is 3. The average molecular weight is 434 g/mol. The Balaban J connectivity index is 1.55. The number of methoxy groups -OCH3 is 1. The standard InChI is InChI=1S/C23H22N4O5/c1-32-19-10-7-16(8-11-19)22(28)24-13-14-25-23(29)17-9-12-20(21(15-17)27(30)31)26-18-5-3-2-4-6-18/h2-12,15,26H,13-14H2,1H3,(H,24,28)(H,25,29). The Bertz CT molecular complexity index is 1100. The maximum absolute atomic E-state index is 12.4. The summed E-state index contributed by atoms with van der Waals surface area (Å²) in [5.74, 6) is -0.111. The van der Waals surface area contributed by atoms with Gasteiger partial charge in [0.05, 0.1) is 12.0 Å². The average Bonchev–Trinajstić information content (AvgIpc) is 2.82. The third-order valence-corrected chi connectivity index (χ3v) is 4.56. The van der Waals surface area contributed by atoms with Crippen LogP contribution >= 0.6 is 0 Å². The number of carbonyl (C=O) groups excluding carboxylic acids is 2. The van der Waals surface area contributed by atoms with Gasteiger partial charge in [-0.05, 0) is 48.5 Å². The smallest absolute Gasteiger partial charge is 0.293 e. The minimum Gasteiger partial charge on any atom is -0.497 e. The number of amides is 2. The van der Waals surface area contributed by atoms with Gasteiger partial charge in [0.15, 0.2) is 0 Å². The Morgan fingerprint density at radius 3 is 2.06 bits per heavy atom. The number of anilines is 2. The predicted molar refractivity (Wildman–Crippen MR) is 120 cm³/mol. The van der Waals surface area contributed by atoms with Crippen molar-refractivity contribution in [2.45, 2.75) is 0 Å². The Morgan fingerprint density at radius 1 is 0.875 bits per heavy atom. The molecule has 0 aliphatic heterocycles. The van der Waals surface area contributed by atoms with E-state index < -0.39 is 10.8 Å². The van der Waals surface area contributed by atoms with Crippen LogP contribution in [0.15, 0.2) is 72.8 Å². The lowest BCUT2D eigenvalue weighted by Gasteiger charge is -2.10. The van der Waals surface area contributed by atoms with Gasteiger partial charge in [0, 0.05) is 36.0 Å². The van der Waals surface area contributed by atoms with Crippen LogP contribution in [0.4, 0.5) is 17.1 Å². The van der Waals surface area contributed by atoms with Crippen LogP contribution in [0.1, 0.15) is 20.7 Å². The van der Waals surface area contributed by atoms with E-state index in [2.05, 4.69) is 16.0 Å². The Hall–Kier alpha value is -4.40. The van der Waals surface area contributed by atoms with E-state index in [4.69, 9.17) is 4.74 Å². The second-order valence-corrected chi connectivity index (χ2v) is 6.72. The third kappa shape index (κ3) is 5.82. The highest BCUT2D eigenvalue weighted by molar-refractivity contribution is 5.96. The van der Waals surface area contributed by atoms with E-state index in [0.29, 0.717) is 17.0 Å². The summed E-state index contributed by atoms with van der Waals surface area (Å²) in [5.41, 5.74) is 1.38. The molecule has 0 spiro atoms. The molecule has 0 atom stereocenters. The minimum absolute atomic E-state index is 0.150. The van der Waals surface area contributed by atoms with E-state index in [1.54, 1.807) is 43.5 Å². The van der Waals surface area contributed by atoms with Crippen LogP contribution < -0.4 is 20.7 Å². The summed E-state index contributed by atoms with van der Waals surface area (Å²) in [4.78, 5) is 35.4. The van der Waals surface area contributed by atoms with Gasteiger partial charge in [-0.1, -0.05) is 18.2 Å². The number of para-hydroxylation sites is 1. The molecule has 164 valence electrons. The molecule has 3 aromatic carbocycles. The van der Waals surface area contributed by atoms with E-state index in [1.165, 1.54) is 18.2 Å². The number of hydrogen-bond acceptors (Lipinski definition) is 6. The molecule has 0 aromatic heterocycles. The zero-order chi connectivity index (χ0) is 22.9. The van der Waals surface area contributed by atoms with Gasteiger partial charge < -0.3 is 20.7 Å². The first-order valence-electron chi connectivity index (χ1n) is 9.79. The molecule has 0 unspecified atom stereocenters. The van der Waals surface area contributed by atoms with Gasteiger partial charge in [-0.15, -0.1) is 0 Å². The Kier molecular flexibility index (Phi) is 7.37. The third-order valence-electron chi connectivity index (χ3n) is 4.56. The molecule has 9 nitrogen and oxygen atoms in total. The van der Waals surface area contributed by atoms with Crippen LogP contribution in [0.2, 0.25) is 0 Å². The molecule has 3 N–H and O–H groups in total. The molecule has 0 fully saturated rings. The summed E-state index contributed by atoms with van der Waals surface area (Å²) < 4.78 is 5.05. The van der Waals surface area contributed by atoms with Crippen molar-refractivity contribution >= 4 is 28.9 Å². The fraction of sp³-hybridized carbons (Fsp3) is 0.130. The quantitative estimate of drug-likeness (QED) is 0.269. The number of rotatable bonds is 9. The summed E-state index contributed by atoms with van der Waals surface area (Å²) in [6, 6.07) is 19.9. The summed E-state index contributed by atoms with van der Waals surface area (Å²) in [7, 11) is 1.54. The monoisotopic (exact) mass is 434 g/mol. The fourth-order valence-electron chi connectivity index (χ4n) is 2.91. The maximum atomic E-state index is 12.4. The molecule has 9 heteroatoms. The van der Waals surface area contributed by atoms with E-state index in [1.807, 2.05) is 18.2 Å². The Labute approximate surface area is 184 Å². The van der Waals surface area contributed by atoms with Crippen molar-refractivity contribution in [3.63, 3.8) is 0 Å². The molecule has 0 heterocycles. The van der Waals surface area contributed by atoms with Gasteiger partial charge >= 0.3 is 0 Å². The second kappa shape index (κ2) is 10.6. The van der Waals surface area contributed by atoms with Crippen LogP contribution in [-0.2, 0) is 0 Å². The zero-order valence-electron chi connectivity index (χ0n) is 17.3. The van der Waals surface area contributed by atoms with Gasteiger partial charge in [-0.25, -0.2) is 0 Å². The number of nitrogens with zero attached hydrogens (tertiary/aromatic N) is 1. The van der Waals surface area contributed by atoms with Gasteiger partial charge in [0.2, 0.25) is 0 Å². The minimum atomic E-state index is -0.545. The van der Waals surface area contributed by atoms with E-state index in [9.17, 15) is 19.7 Å². The van der Waals surface area contributed by atoms with E-state index in [0.717, 1.165) is 0 Å². The van der Waals surface area contributed by atoms with Crippen molar-refractivity contribution in [3.8, 4) is 5.75 Å². The molecule has 32 heavy (non-hydrogen) atoms. The first-order chi connectivity index (χ1) is 15.5. The van der Waals surface area contributed by atoms with Crippen molar-refractivity contribution in [2.24, 2.45) is 0 Å². The Morgan fingerprint density at radius 2 is 1.47 bits per heavy atom. The second-order valence-electron chi connectivity index (χ2n) is 6.72. The number of benzene rings is 3. The lowest BCUT2D eigenvalue weighted by molar-refractivity contribution is -0.383. The zero-order valence-corrected chi connectivity index (χ0v) is 17.3.